The Balaban J connectivity index is 1.67. The second kappa shape index (κ2) is 9.06. The first-order valence-electron chi connectivity index (χ1n) is 10.8. The van der Waals surface area contributed by atoms with Gasteiger partial charge in [-0.05, 0) is 44.0 Å². The monoisotopic (exact) mass is 419 g/mol. The van der Waals surface area contributed by atoms with Crippen LogP contribution in [0.5, 0.6) is 0 Å². The Labute approximate surface area is 183 Å². The van der Waals surface area contributed by atoms with Crippen LogP contribution in [0.2, 0.25) is 0 Å². The predicted molar refractivity (Wildman–Crippen MR) is 119 cm³/mol. The van der Waals surface area contributed by atoms with Crippen molar-refractivity contribution in [3.05, 3.63) is 77.9 Å². The number of carbonyl (C=O) groups excluding carboxylic acids is 2. The van der Waals surface area contributed by atoms with E-state index in [4.69, 9.17) is 9.47 Å². The number of rotatable bonds is 6. The largest absolute Gasteiger partial charge is 0.468 e. The van der Waals surface area contributed by atoms with Crippen LogP contribution in [0.4, 0.5) is 0 Å². The molecule has 2 heterocycles. The summed E-state index contributed by atoms with van der Waals surface area (Å²) in [5.41, 5.74) is 0.618. The maximum Gasteiger partial charge on any atom is 0.338 e. The second-order valence-electron chi connectivity index (χ2n) is 8.46. The standard InChI is InChI=1S/C26H29NO4/c1-27-21-15-16-22(27)26(25(29)30-2,17-9-12-19-10-5-3-6-11-19)23(18-21)31-24(28)20-13-7-4-8-14-20/h3-14,21-23H,15-18H2,1-2H3/b12-9+/t21-,22+,23+,26-/m1/s1. The molecule has 5 heteroatoms. The highest BCUT2D eigenvalue weighted by Crippen LogP contribution is 2.50. The summed E-state index contributed by atoms with van der Waals surface area (Å²) in [6, 6.07) is 19.2. The minimum absolute atomic E-state index is 0.0345. The van der Waals surface area contributed by atoms with Crippen molar-refractivity contribution in [1.29, 1.82) is 0 Å². The van der Waals surface area contributed by atoms with Crippen LogP contribution in [0.25, 0.3) is 6.08 Å². The lowest BCUT2D eigenvalue weighted by Gasteiger charge is -2.49. The number of methoxy groups -OCH3 is 1. The highest BCUT2D eigenvalue weighted by molar-refractivity contribution is 5.90. The van der Waals surface area contributed by atoms with Gasteiger partial charge in [-0.15, -0.1) is 0 Å². The Morgan fingerprint density at radius 3 is 2.42 bits per heavy atom. The topological polar surface area (TPSA) is 55.8 Å². The van der Waals surface area contributed by atoms with Gasteiger partial charge in [-0.1, -0.05) is 60.7 Å². The number of nitrogens with zero attached hydrogens (tertiary/aromatic N) is 1. The van der Waals surface area contributed by atoms with Crippen LogP contribution >= 0.6 is 0 Å². The molecule has 2 aliphatic heterocycles. The van der Waals surface area contributed by atoms with Crippen molar-refractivity contribution in [3.63, 3.8) is 0 Å². The van der Waals surface area contributed by atoms with Crippen LogP contribution < -0.4 is 0 Å². The van der Waals surface area contributed by atoms with E-state index < -0.39 is 17.5 Å². The number of esters is 2. The molecular formula is C26H29NO4. The molecular weight excluding hydrogens is 390 g/mol. The Morgan fingerprint density at radius 1 is 1.06 bits per heavy atom. The summed E-state index contributed by atoms with van der Waals surface area (Å²) in [5, 5.41) is 0. The Kier molecular flexibility index (Phi) is 6.23. The van der Waals surface area contributed by atoms with Gasteiger partial charge < -0.3 is 9.47 Å². The van der Waals surface area contributed by atoms with Gasteiger partial charge in [-0.3, -0.25) is 9.69 Å². The molecule has 2 aliphatic rings. The van der Waals surface area contributed by atoms with E-state index >= 15 is 0 Å². The summed E-state index contributed by atoms with van der Waals surface area (Å²) in [7, 11) is 3.48. The summed E-state index contributed by atoms with van der Waals surface area (Å²) in [6.45, 7) is 0. The fourth-order valence-corrected chi connectivity index (χ4v) is 5.28. The van der Waals surface area contributed by atoms with Gasteiger partial charge >= 0.3 is 11.9 Å². The zero-order valence-corrected chi connectivity index (χ0v) is 18.1. The van der Waals surface area contributed by atoms with Crippen molar-refractivity contribution in [2.24, 2.45) is 5.41 Å². The summed E-state index contributed by atoms with van der Waals surface area (Å²) in [5.74, 6) is -0.705. The minimum Gasteiger partial charge on any atom is -0.468 e. The van der Waals surface area contributed by atoms with E-state index in [0.29, 0.717) is 24.4 Å². The van der Waals surface area contributed by atoms with E-state index in [1.807, 2.05) is 60.7 Å². The van der Waals surface area contributed by atoms with E-state index in [0.717, 1.165) is 18.4 Å². The quantitative estimate of drug-likeness (QED) is 0.652. The number of allylic oxidation sites excluding steroid dienone is 1. The molecule has 0 saturated carbocycles. The van der Waals surface area contributed by atoms with Crippen LogP contribution in [0.3, 0.4) is 0 Å². The molecule has 0 radical (unpaired) electrons. The lowest BCUT2D eigenvalue weighted by atomic mass is 9.69. The molecule has 162 valence electrons. The van der Waals surface area contributed by atoms with Crippen LogP contribution in [-0.4, -0.2) is 49.2 Å². The third-order valence-electron chi connectivity index (χ3n) is 6.89. The molecule has 2 fully saturated rings. The van der Waals surface area contributed by atoms with Crippen molar-refractivity contribution in [2.45, 2.75) is 43.9 Å². The SMILES string of the molecule is COC(=O)[C@@]1(C/C=C/c2ccccc2)[C@@H](OC(=O)c2ccccc2)C[C@H]2CC[C@@H]1N2C. The first kappa shape index (κ1) is 21.3. The van der Waals surface area contributed by atoms with E-state index in [1.54, 1.807) is 12.1 Å². The Bertz CT molecular complexity index is 942. The van der Waals surface area contributed by atoms with Crippen LogP contribution in [0.15, 0.2) is 66.7 Å². The van der Waals surface area contributed by atoms with E-state index in [-0.39, 0.29) is 12.0 Å². The van der Waals surface area contributed by atoms with Gasteiger partial charge in [0.05, 0.1) is 12.7 Å². The van der Waals surface area contributed by atoms with Gasteiger partial charge in [0.1, 0.15) is 11.5 Å². The molecule has 2 aromatic rings. The third kappa shape index (κ3) is 4.02. The summed E-state index contributed by atoms with van der Waals surface area (Å²) < 4.78 is 11.4. The molecule has 0 N–H and O–H groups in total. The molecule has 5 nitrogen and oxygen atoms in total. The number of ether oxygens (including phenoxy) is 2. The molecule has 0 spiro atoms. The maximum absolute atomic E-state index is 13.3. The van der Waals surface area contributed by atoms with Crippen molar-refractivity contribution in [2.75, 3.05) is 14.2 Å². The second-order valence-corrected chi connectivity index (χ2v) is 8.46. The van der Waals surface area contributed by atoms with Crippen molar-refractivity contribution in [1.82, 2.24) is 4.90 Å². The predicted octanol–water partition coefficient (Wildman–Crippen LogP) is 4.34. The Hall–Kier alpha value is -2.92. The van der Waals surface area contributed by atoms with Gasteiger partial charge in [-0.25, -0.2) is 4.79 Å². The molecule has 2 aromatic carbocycles. The first-order chi connectivity index (χ1) is 15.1. The van der Waals surface area contributed by atoms with Gasteiger partial charge in [0, 0.05) is 18.5 Å². The molecule has 2 saturated heterocycles. The van der Waals surface area contributed by atoms with Crippen molar-refractivity contribution < 1.29 is 19.1 Å². The summed E-state index contributed by atoms with van der Waals surface area (Å²) in [4.78, 5) is 28.5. The van der Waals surface area contributed by atoms with Gasteiger partial charge in [0.2, 0.25) is 0 Å². The zero-order valence-electron chi connectivity index (χ0n) is 18.1. The summed E-state index contributed by atoms with van der Waals surface area (Å²) in [6.07, 6.45) is 6.44. The van der Waals surface area contributed by atoms with Crippen molar-refractivity contribution >= 4 is 18.0 Å². The van der Waals surface area contributed by atoms with Crippen LogP contribution in [0, 0.1) is 5.41 Å². The number of hydrogen-bond donors (Lipinski definition) is 0. The van der Waals surface area contributed by atoms with E-state index in [1.165, 1.54) is 7.11 Å². The molecule has 0 amide bonds. The number of hydrogen-bond acceptors (Lipinski definition) is 5. The maximum atomic E-state index is 13.3. The molecule has 4 atom stereocenters. The van der Waals surface area contributed by atoms with Crippen LogP contribution in [0.1, 0.15) is 41.6 Å². The summed E-state index contributed by atoms with van der Waals surface area (Å²) >= 11 is 0. The highest BCUT2D eigenvalue weighted by Gasteiger charge is 2.61. The minimum atomic E-state index is -0.938. The van der Waals surface area contributed by atoms with E-state index in [9.17, 15) is 9.59 Å². The number of fused-ring (bicyclic) bond motifs is 2. The smallest absolute Gasteiger partial charge is 0.338 e. The Morgan fingerprint density at radius 2 is 1.74 bits per heavy atom. The fraction of sp³-hybridized carbons (Fsp3) is 0.385. The highest BCUT2D eigenvalue weighted by atomic mass is 16.6. The molecule has 0 aliphatic carbocycles. The first-order valence-corrected chi connectivity index (χ1v) is 10.8. The van der Waals surface area contributed by atoms with Crippen molar-refractivity contribution in [3.8, 4) is 0 Å². The lowest BCUT2D eigenvalue weighted by Crippen LogP contribution is -2.62. The average Bonchev–Trinajstić information content (AvgIpc) is 3.08. The third-order valence-corrected chi connectivity index (χ3v) is 6.89. The van der Waals surface area contributed by atoms with Crippen LogP contribution in [-0.2, 0) is 14.3 Å². The molecule has 4 rings (SSSR count). The molecule has 0 unspecified atom stereocenters. The normalized spacial score (nSPS) is 27.9. The zero-order chi connectivity index (χ0) is 21.8. The lowest BCUT2D eigenvalue weighted by molar-refractivity contribution is -0.173. The molecule has 2 bridgehead atoms. The fourth-order valence-electron chi connectivity index (χ4n) is 5.28. The molecule has 0 aromatic heterocycles. The van der Waals surface area contributed by atoms with Gasteiger partial charge in [0.25, 0.3) is 0 Å². The number of piperidine rings is 1. The number of carbonyl (C=O) groups is 2. The molecule has 31 heavy (non-hydrogen) atoms. The average molecular weight is 420 g/mol. The number of benzene rings is 2. The van der Waals surface area contributed by atoms with Gasteiger partial charge in [-0.2, -0.15) is 0 Å². The van der Waals surface area contributed by atoms with E-state index in [2.05, 4.69) is 11.9 Å². The van der Waals surface area contributed by atoms with Gasteiger partial charge in [0.15, 0.2) is 0 Å².